The molecule has 1 aromatic heterocycles. The van der Waals surface area contributed by atoms with Crippen molar-refractivity contribution < 1.29 is 14.6 Å². The molecule has 24 heavy (non-hydrogen) atoms. The maximum Gasteiger partial charge on any atom is 0.251 e. The van der Waals surface area contributed by atoms with E-state index in [2.05, 4.69) is 10.3 Å². The number of ether oxygens (including phenoxy) is 1. The van der Waals surface area contributed by atoms with Gasteiger partial charge in [0.1, 0.15) is 12.4 Å². The first-order valence-corrected chi connectivity index (χ1v) is 8.19. The summed E-state index contributed by atoms with van der Waals surface area (Å²) in [5, 5.41) is 12.4. The maximum atomic E-state index is 12.1. The fourth-order valence-corrected chi connectivity index (χ4v) is 2.26. The molecule has 0 aliphatic carbocycles. The molecule has 1 atom stereocenters. The summed E-state index contributed by atoms with van der Waals surface area (Å²) in [5.74, 6) is 0.502. The average Bonchev–Trinajstić information content (AvgIpc) is 2.60. The van der Waals surface area contributed by atoms with Gasteiger partial charge in [-0.05, 0) is 43.2 Å². The molecule has 1 heterocycles. The van der Waals surface area contributed by atoms with Gasteiger partial charge in [-0.2, -0.15) is 0 Å². The Morgan fingerprint density at radius 2 is 2.17 bits per heavy atom. The van der Waals surface area contributed by atoms with Crippen molar-refractivity contribution in [2.45, 2.75) is 39.4 Å². The Morgan fingerprint density at radius 1 is 1.33 bits per heavy atom. The van der Waals surface area contributed by atoms with E-state index in [1.54, 1.807) is 18.3 Å². The van der Waals surface area contributed by atoms with Crippen molar-refractivity contribution in [3.63, 3.8) is 0 Å². The first-order chi connectivity index (χ1) is 11.6. The Balaban J connectivity index is 1.90. The van der Waals surface area contributed by atoms with Crippen molar-refractivity contribution in [2.75, 3.05) is 6.54 Å². The average molecular weight is 328 g/mol. The van der Waals surface area contributed by atoms with Crippen molar-refractivity contribution in [3.05, 3.63) is 59.4 Å². The predicted octanol–water partition coefficient (Wildman–Crippen LogP) is 2.86. The van der Waals surface area contributed by atoms with Gasteiger partial charge in [0.15, 0.2) is 0 Å². The lowest BCUT2D eigenvalue weighted by atomic mass is 10.1. The maximum absolute atomic E-state index is 12.1. The number of hydrogen-bond donors (Lipinski definition) is 2. The molecule has 5 nitrogen and oxygen atoms in total. The van der Waals surface area contributed by atoms with Gasteiger partial charge in [-0.25, -0.2) is 0 Å². The minimum atomic E-state index is -0.500. The quantitative estimate of drug-likeness (QED) is 0.781. The minimum absolute atomic E-state index is 0.191. The zero-order chi connectivity index (χ0) is 17.4. The lowest BCUT2D eigenvalue weighted by Crippen LogP contribution is -2.32. The van der Waals surface area contributed by atoms with Crippen LogP contribution in [0.1, 0.15) is 41.4 Å². The smallest absolute Gasteiger partial charge is 0.251 e. The second-order valence-corrected chi connectivity index (χ2v) is 5.78. The summed E-state index contributed by atoms with van der Waals surface area (Å²) in [6.07, 6.45) is 2.75. The van der Waals surface area contributed by atoms with Crippen LogP contribution >= 0.6 is 0 Å². The summed E-state index contributed by atoms with van der Waals surface area (Å²) in [7, 11) is 0. The van der Waals surface area contributed by atoms with Crippen LogP contribution in [0.5, 0.6) is 5.75 Å². The highest BCUT2D eigenvalue weighted by molar-refractivity contribution is 5.94. The number of aromatic nitrogens is 1. The summed E-state index contributed by atoms with van der Waals surface area (Å²) in [6, 6.07) is 11.0. The monoisotopic (exact) mass is 328 g/mol. The Labute approximate surface area is 142 Å². The molecule has 5 heteroatoms. The summed E-state index contributed by atoms with van der Waals surface area (Å²) < 4.78 is 5.68. The number of rotatable bonds is 8. The molecule has 0 aliphatic heterocycles. The van der Waals surface area contributed by atoms with E-state index >= 15 is 0 Å². The van der Waals surface area contributed by atoms with Crippen molar-refractivity contribution in [1.82, 2.24) is 10.3 Å². The third kappa shape index (κ3) is 5.66. The number of benzene rings is 1. The number of aliphatic hydroxyl groups excluding tert-OH is 1. The second-order valence-electron chi connectivity index (χ2n) is 5.78. The van der Waals surface area contributed by atoms with E-state index in [-0.39, 0.29) is 12.5 Å². The Bertz CT molecular complexity index is 656. The van der Waals surface area contributed by atoms with Crippen LogP contribution in [-0.4, -0.2) is 28.6 Å². The fraction of sp³-hybridized carbons (Fsp3) is 0.368. The number of aliphatic hydroxyl groups is 1. The van der Waals surface area contributed by atoms with Crippen molar-refractivity contribution >= 4 is 5.91 Å². The number of amides is 1. The molecule has 2 rings (SSSR count). The van der Waals surface area contributed by atoms with Crippen LogP contribution < -0.4 is 10.1 Å². The van der Waals surface area contributed by atoms with Gasteiger partial charge in [0.25, 0.3) is 5.91 Å². The van der Waals surface area contributed by atoms with Gasteiger partial charge in [0.05, 0.1) is 12.3 Å². The molecule has 128 valence electrons. The largest absolute Gasteiger partial charge is 0.487 e. The van der Waals surface area contributed by atoms with Crippen LogP contribution in [0.2, 0.25) is 0 Å². The zero-order valence-electron chi connectivity index (χ0n) is 14.2. The van der Waals surface area contributed by atoms with Crippen LogP contribution in [0.25, 0.3) is 0 Å². The molecule has 1 amide bonds. The van der Waals surface area contributed by atoms with Gasteiger partial charge in [0.2, 0.25) is 0 Å². The molecule has 0 saturated carbocycles. The number of pyridine rings is 1. The molecule has 2 aromatic rings. The normalized spacial score (nSPS) is 11.8. The minimum Gasteiger partial charge on any atom is -0.487 e. The molecule has 0 fully saturated rings. The molecule has 1 aromatic carbocycles. The molecule has 1 unspecified atom stereocenters. The third-order valence-electron chi connectivity index (χ3n) is 3.60. The van der Waals surface area contributed by atoms with E-state index in [0.29, 0.717) is 24.3 Å². The van der Waals surface area contributed by atoms with E-state index in [4.69, 9.17) is 4.74 Å². The molecule has 0 spiro atoms. The SMILES string of the molecule is CCCC(O)CNC(=O)c1cccc(COc2ccc(C)nc2)c1. The summed E-state index contributed by atoms with van der Waals surface area (Å²) in [4.78, 5) is 16.3. The summed E-state index contributed by atoms with van der Waals surface area (Å²) >= 11 is 0. The highest BCUT2D eigenvalue weighted by Crippen LogP contribution is 2.13. The Morgan fingerprint density at radius 3 is 2.88 bits per heavy atom. The van der Waals surface area contributed by atoms with E-state index in [0.717, 1.165) is 17.7 Å². The zero-order valence-corrected chi connectivity index (χ0v) is 14.2. The van der Waals surface area contributed by atoms with Crippen LogP contribution in [0.4, 0.5) is 0 Å². The van der Waals surface area contributed by atoms with E-state index < -0.39 is 6.10 Å². The van der Waals surface area contributed by atoms with E-state index in [9.17, 15) is 9.90 Å². The number of nitrogens with one attached hydrogen (secondary N) is 1. The Hall–Kier alpha value is -2.40. The highest BCUT2D eigenvalue weighted by Gasteiger charge is 2.09. The molecule has 0 saturated heterocycles. The van der Waals surface area contributed by atoms with Gasteiger partial charge >= 0.3 is 0 Å². The second kappa shape index (κ2) is 9.03. The van der Waals surface area contributed by atoms with Crippen molar-refractivity contribution in [2.24, 2.45) is 0 Å². The topological polar surface area (TPSA) is 71.5 Å². The number of carbonyl (C=O) groups excluding carboxylic acids is 1. The molecule has 0 bridgehead atoms. The van der Waals surface area contributed by atoms with Crippen LogP contribution in [0.3, 0.4) is 0 Å². The highest BCUT2D eigenvalue weighted by atomic mass is 16.5. The van der Waals surface area contributed by atoms with E-state index in [1.165, 1.54) is 0 Å². The van der Waals surface area contributed by atoms with Gasteiger partial charge < -0.3 is 15.2 Å². The van der Waals surface area contributed by atoms with E-state index in [1.807, 2.05) is 38.1 Å². The lowest BCUT2D eigenvalue weighted by molar-refractivity contribution is 0.0910. The molecular weight excluding hydrogens is 304 g/mol. The molecule has 0 radical (unpaired) electrons. The van der Waals surface area contributed by atoms with Crippen molar-refractivity contribution in [1.29, 1.82) is 0 Å². The number of carbonyl (C=O) groups is 1. The number of aryl methyl sites for hydroxylation is 1. The Kier molecular flexibility index (Phi) is 6.75. The summed E-state index contributed by atoms with van der Waals surface area (Å²) in [5.41, 5.74) is 2.39. The lowest BCUT2D eigenvalue weighted by Gasteiger charge is -2.11. The van der Waals surface area contributed by atoms with Gasteiger partial charge in [-0.3, -0.25) is 9.78 Å². The fourth-order valence-electron chi connectivity index (χ4n) is 2.26. The number of hydrogen-bond acceptors (Lipinski definition) is 4. The first-order valence-electron chi connectivity index (χ1n) is 8.19. The first kappa shape index (κ1) is 17.9. The van der Waals surface area contributed by atoms with Gasteiger partial charge in [-0.15, -0.1) is 0 Å². The van der Waals surface area contributed by atoms with Crippen LogP contribution in [0.15, 0.2) is 42.6 Å². The standard InChI is InChI=1S/C19H24N2O3/c1-3-5-17(22)11-21-19(23)16-7-4-6-15(10-16)13-24-18-9-8-14(2)20-12-18/h4,6-10,12,17,22H,3,5,11,13H2,1-2H3,(H,21,23). The molecular formula is C19H24N2O3. The van der Waals surface area contributed by atoms with Crippen molar-refractivity contribution in [3.8, 4) is 5.75 Å². The third-order valence-corrected chi connectivity index (χ3v) is 3.60. The van der Waals surface area contributed by atoms with Crippen LogP contribution in [0, 0.1) is 6.92 Å². The predicted molar refractivity (Wildman–Crippen MR) is 93.0 cm³/mol. The molecule has 2 N–H and O–H groups in total. The van der Waals surface area contributed by atoms with Gasteiger partial charge in [-0.1, -0.05) is 25.5 Å². The summed E-state index contributed by atoms with van der Waals surface area (Å²) in [6.45, 7) is 4.55. The van der Waals surface area contributed by atoms with Gasteiger partial charge in [0, 0.05) is 17.8 Å². The molecule has 0 aliphatic rings. The van der Waals surface area contributed by atoms with Crippen LogP contribution in [-0.2, 0) is 6.61 Å². The number of nitrogens with zero attached hydrogens (tertiary/aromatic N) is 1.